The number of ether oxygens (including phenoxy) is 1. The molecule has 9 nitrogen and oxygen atoms in total. The van der Waals surface area contributed by atoms with Gasteiger partial charge < -0.3 is 10.1 Å². The monoisotopic (exact) mass is 402 g/mol. The number of esters is 1. The van der Waals surface area contributed by atoms with Crippen LogP contribution < -0.4 is 10.1 Å². The highest BCUT2D eigenvalue weighted by Crippen LogP contribution is 2.18. The highest BCUT2D eigenvalue weighted by atomic mass is 16.5. The van der Waals surface area contributed by atoms with Gasteiger partial charge in [-0.3, -0.25) is 9.48 Å². The maximum atomic E-state index is 12.4. The van der Waals surface area contributed by atoms with Gasteiger partial charge in [-0.1, -0.05) is 12.1 Å². The van der Waals surface area contributed by atoms with E-state index in [1.165, 1.54) is 12.5 Å². The molecule has 0 saturated heterocycles. The van der Waals surface area contributed by atoms with E-state index in [0.29, 0.717) is 29.1 Å². The number of nitrogens with one attached hydrogen (secondary N) is 1. The zero-order chi connectivity index (χ0) is 20.9. The fourth-order valence-electron chi connectivity index (χ4n) is 2.76. The molecule has 9 heteroatoms. The number of hydrogen-bond donors (Lipinski definition) is 1. The molecule has 2 aromatic carbocycles. The van der Waals surface area contributed by atoms with Crippen LogP contribution in [-0.4, -0.2) is 36.4 Å². The van der Waals surface area contributed by atoms with Crippen molar-refractivity contribution in [2.24, 2.45) is 7.05 Å². The smallest absolute Gasteiger partial charge is 0.343 e. The lowest BCUT2D eigenvalue weighted by atomic mass is 10.1. The Kier molecular flexibility index (Phi) is 5.33. The molecule has 4 aromatic rings. The number of nitrogens with zero attached hydrogens (tertiary/aromatic N) is 5. The van der Waals surface area contributed by atoms with Crippen molar-refractivity contribution in [2.45, 2.75) is 6.54 Å². The molecule has 0 spiro atoms. The van der Waals surface area contributed by atoms with Crippen LogP contribution in [0, 0.1) is 0 Å². The van der Waals surface area contributed by atoms with Crippen LogP contribution in [0.3, 0.4) is 0 Å². The summed E-state index contributed by atoms with van der Waals surface area (Å²) < 4.78 is 8.65. The van der Waals surface area contributed by atoms with Crippen LogP contribution in [0.25, 0.3) is 0 Å². The lowest BCUT2D eigenvalue weighted by Gasteiger charge is -2.07. The number of aryl methyl sites for hydroxylation is 1. The topological polar surface area (TPSA) is 104 Å². The number of anilines is 1. The second-order valence-electron chi connectivity index (χ2n) is 6.56. The predicted octanol–water partition coefficient (Wildman–Crippen LogP) is 2.53. The first kappa shape index (κ1) is 19.1. The third-order valence-corrected chi connectivity index (χ3v) is 4.29. The van der Waals surface area contributed by atoms with E-state index in [4.69, 9.17) is 4.74 Å². The van der Waals surface area contributed by atoms with Crippen LogP contribution in [0.2, 0.25) is 0 Å². The van der Waals surface area contributed by atoms with Crippen molar-refractivity contribution in [2.75, 3.05) is 5.32 Å². The van der Waals surface area contributed by atoms with Crippen LogP contribution >= 0.6 is 0 Å². The zero-order valence-electron chi connectivity index (χ0n) is 16.1. The Labute approximate surface area is 171 Å². The summed E-state index contributed by atoms with van der Waals surface area (Å²) in [6.07, 6.45) is 6.22. The molecule has 0 aliphatic heterocycles. The molecule has 4 rings (SSSR count). The number of rotatable bonds is 6. The molecule has 0 bridgehead atoms. The van der Waals surface area contributed by atoms with Gasteiger partial charge in [-0.05, 0) is 42.0 Å². The van der Waals surface area contributed by atoms with Crippen LogP contribution in [0.5, 0.6) is 5.75 Å². The minimum atomic E-state index is -0.463. The number of aromatic nitrogens is 5. The largest absolute Gasteiger partial charge is 0.423 e. The average molecular weight is 402 g/mol. The summed E-state index contributed by atoms with van der Waals surface area (Å²) in [5, 5.41) is 10.8. The van der Waals surface area contributed by atoms with Crippen molar-refractivity contribution in [1.82, 2.24) is 24.5 Å². The molecule has 2 heterocycles. The normalized spacial score (nSPS) is 10.6. The number of carbonyl (C=O) groups is 2. The van der Waals surface area contributed by atoms with E-state index in [1.54, 1.807) is 65.3 Å². The van der Waals surface area contributed by atoms with E-state index in [1.807, 2.05) is 12.1 Å². The third-order valence-electron chi connectivity index (χ3n) is 4.29. The van der Waals surface area contributed by atoms with Gasteiger partial charge >= 0.3 is 5.97 Å². The van der Waals surface area contributed by atoms with Crippen LogP contribution in [-0.2, 0) is 13.6 Å². The molecule has 0 unspecified atom stereocenters. The van der Waals surface area contributed by atoms with E-state index < -0.39 is 5.97 Å². The maximum Gasteiger partial charge on any atom is 0.343 e. The van der Waals surface area contributed by atoms with Gasteiger partial charge in [0, 0.05) is 18.9 Å². The van der Waals surface area contributed by atoms with Crippen LogP contribution in [0.15, 0.2) is 73.6 Å². The molecular formula is C21H18N6O3. The molecule has 1 N–H and O–H groups in total. The summed E-state index contributed by atoms with van der Waals surface area (Å²) in [6, 6.07) is 13.7. The van der Waals surface area contributed by atoms with E-state index in [-0.39, 0.29) is 5.91 Å². The summed E-state index contributed by atoms with van der Waals surface area (Å²) in [5.74, 6) is -0.348. The second kappa shape index (κ2) is 8.39. The molecule has 2 aromatic heterocycles. The van der Waals surface area contributed by atoms with Crippen molar-refractivity contribution in [3.05, 3.63) is 90.3 Å². The van der Waals surface area contributed by atoms with E-state index in [0.717, 1.165) is 5.56 Å². The molecule has 150 valence electrons. The van der Waals surface area contributed by atoms with Gasteiger partial charge in [0.15, 0.2) is 0 Å². The standard InChI is InChI=1S/C21H18N6O3/c1-26-12-17(10-23-26)20(28)25-18-6-8-19(9-7-18)30-21(29)16-4-2-15(3-5-16)11-27-14-22-13-24-27/h2-10,12-14H,11H2,1H3,(H,25,28). The highest BCUT2D eigenvalue weighted by molar-refractivity contribution is 6.04. The molecule has 0 atom stereocenters. The first-order chi connectivity index (χ1) is 14.6. The molecule has 0 radical (unpaired) electrons. The quantitative estimate of drug-likeness (QED) is 0.393. The fourth-order valence-corrected chi connectivity index (χ4v) is 2.76. The Morgan fingerprint density at radius 1 is 1.00 bits per heavy atom. The SMILES string of the molecule is Cn1cc(C(=O)Nc2ccc(OC(=O)c3ccc(Cn4cncn4)cc3)cc2)cn1. The molecule has 0 aliphatic rings. The number of carbonyl (C=O) groups excluding carboxylic acids is 2. The first-order valence-corrected chi connectivity index (χ1v) is 9.10. The molecule has 30 heavy (non-hydrogen) atoms. The van der Waals surface area contributed by atoms with Gasteiger partial charge in [-0.2, -0.15) is 10.2 Å². The number of benzene rings is 2. The summed E-state index contributed by atoms with van der Waals surface area (Å²) in [4.78, 5) is 28.4. The number of hydrogen-bond acceptors (Lipinski definition) is 6. The Morgan fingerprint density at radius 2 is 1.77 bits per heavy atom. The molecular weight excluding hydrogens is 384 g/mol. The lowest BCUT2D eigenvalue weighted by Crippen LogP contribution is -2.11. The van der Waals surface area contributed by atoms with Gasteiger partial charge in [-0.15, -0.1) is 0 Å². The van der Waals surface area contributed by atoms with Crippen LogP contribution in [0.1, 0.15) is 26.3 Å². The zero-order valence-corrected chi connectivity index (χ0v) is 16.1. The van der Waals surface area contributed by atoms with E-state index in [9.17, 15) is 9.59 Å². The summed E-state index contributed by atoms with van der Waals surface area (Å²) in [6.45, 7) is 0.571. The predicted molar refractivity (Wildman–Crippen MR) is 108 cm³/mol. The summed E-state index contributed by atoms with van der Waals surface area (Å²) in [7, 11) is 1.74. The third kappa shape index (κ3) is 4.58. The minimum Gasteiger partial charge on any atom is -0.423 e. The highest BCUT2D eigenvalue weighted by Gasteiger charge is 2.11. The van der Waals surface area contributed by atoms with Gasteiger partial charge in [0.05, 0.1) is 23.9 Å². The Balaban J connectivity index is 1.34. The van der Waals surface area contributed by atoms with Crippen molar-refractivity contribution in [1.29, 1.82) is 0 Å². The Bertz CT molecular complexity index is 1150. The Hall–Kier alpha value is -4.27. The van der Waals surface area contributed by atoms with Gasteiger partial charge in [0.1, 0.15) is 18.4 Å². The van der Waals surface area contributed by atoms with E-state index in [2.05, 4.69) is 20.5 Å². The maximum absolute atomic E-state index is 12.4. The fraction of sp³-hybridized carbons (Fsp3) is 0.0952. The summed E-state index contributed by atoms with van der Waals surface area (Å²) >= 11 is 0. The molecule has 0 aliphatic carbocycles. The van der Waals surface area contributed by atoms with Gasteiger partial charge in [0.25, 0.3) is 5.91 Å². The first-order valence-electron chi connectivity index (χ1n) is 9.10. The lowest BCUT2D eigenvalue weighted by molar-refractivity contribution is 0.0734. The molecule has 0 fully saturated rings. The van der Waals surface area contributed by atoms with E-state index >= 15 is 0 Å². The molecule has 0 saturated carbocycles. The molecule has 1 amide bonds. The van der Waals surface area contributed by atoms with Crippen molar-refractivity contribution in [3.8, 4) is 5.75 Å². The van der Waals surface area contributed by atoms with Crippen molar-refractivity contribution in [3.63, 3.8) is 0 Å². The van der Waals surface area contributed by atoms with Crippen LogP contribution in [0.4, 0.5) is 5.69 Å². The van der Waals surface area contributed by atoms with Gasteiger partial charge in [-0.25, -0.2) is 14.5 Å². The second-order valence-corrected chi connectivity index (χ2v) is 6.56. The van der Waals surface area contributed by atoms with Crippen molar-refractivity contribution < 1.29 is 14.3 Å². The Morgan fingerprint density at radius 3 is 2.40 bits per heavy atom. The van der Waals surface area contributed by atoms with Gasteiger partial charge in [0.2, 0.25) is 0 Å². The average Bonchev–Trinajstić information content (AvgIpc) is 3.42. The number of amides is 1. The summed E-state index contributed by atoms with van der Waals surface area (Å²) in [5.41, 5.74) is 2.47. The van der Waals surface area contributed by atoms with Crippen molar-refractivity contribution >= 4 is 17.6 Å². The minimum absolute atomic E-state index is 0.265.